The molecule has 1 atom stereocenters. The molecule has 0 aromatic carbocycles. The Morgan fingerprint density at radius 3 is 2.19 bits per heavy atom. The van der Waals surface area contributed by atoms with E-state index in [1.54, 1.807) is 0 Å². The molecule has 1 unspecified atom stereocenters. The molecule has 5 heteroatoms. The maximum absolute atomic E-state index is 11.4. The zero-order valence-electron chi connectivity index (χ0n) is 14.2. The van der Waals surface area contributed by atoms with Crippen molar-refractivity contribution in [2.24, 2.45) is 0 Å². The number of quaternary nitrogens is 1. The molecule has 4 nitrogen and oxygen atoms in total. The lowest BCUT2D eigenvalue weighted by atomic mass is 10.1. The van der Waals surface area contributed by atoms with Crippen LogP contribution in [-0.4, -0.2) is 50.9 Å². The van der Waals surface area contributed by atoms with Gasteiger partial charge in [-0.2, -0.15) is 0 Å². The molecule has 0 spiro atoms. The van der Waals surface area contributed by atoms with E-state index >= 15 is 0 Å². The first-order valence-corrected chi connectivity index (χ1v) is 8.78. The lowest BCUT2D eigenvalue weighted by Crippen LogP contribution is -2.43. The van der Waals surface area contributed by atoms with Crippen molar-refractivity contribution in [1.82, 2.24) is 0 Å². The van der Waals surface area contributed by atoms with E-state index in [1.807, 2.05) is 0 Å². The number of nitrogens with zero attached hydrogens (tertiary/aromatic N) is 1. The van der Waals surface area contributed by atoms with Crippen molar-refractivity contribution >= 4 is 15.4 Å². The lowest BCUT2D eigenvalue weighted by molar-refractivity contribution is -0.890. The molecular formula is C16H35NO3P+. The van der Waals surface area contributed by atoms with E-state index in [-0.39, 0.29) is 5.97 Å². The van der Waals surface area contributed by atoms with Crippen molar-refractivity contribution in [1.29, 1.82) is 0 Å². The number of carbonyl (C=O) groups is 1. The van der Waals surface area contributed by atoms with Crippen LogP contribution in [0.5, 0.6) is 0 Å². The van der Waals surface area contributed by atoms with Crippen LogP contribution < -0.4 is 0 Å². The summed E-state index contributed by atoms with van der Waals surface area (Å²) in [5.41, 5.74) is 0. The smallest absolute Gasteiger partial charge is 0.308 e. The number of carbonyl (C=O) groups excluding carboxylic acids is 1. The number of hydrogen-bond donors (Lipinski definition) is 0. The maximum Gasteiger partial charge on any atom is 0.308 e. The normalized spacial score (nSPS) is 11.6. The fourth-order valence-corrected chi connectivity index (χ4v) is 2.35. The molecular weight excluding hydrogens is 285 g/mol. The number of unbranched alkanes of at least 4 members (excludes halogenated alkanes) is 6. The third-order valence-corrected chi connectivity index (χ3v) is 3.99. The molecule has 0 aliphatic carbocycles. The Balaban J connectivity index is 3.53. The number of ether oxygens (including phenoxy) is 1. The van der Waals surface area contributed by atoms with Crippen molar-refractivity contribution in [3.8, 4) is 0 Å². The van der Waals surface area contributed by atoms with Gasteiger partial charge in [-0.25, -0.2) is 0 Å². The molecule has 0 radical (unpaired) electrons. The van der Waals surface area contributed by atoms with Crippen LogP contribution in [0.15, 0.2) is 0 Å². The van der Waals surface area contributed by atoms with Gasteiger partial charge in [-0.15, -0.1) is 0 Å². The second-order valence-electron chi connectivity index (χ2n) is 6.35. The molecule has 0 aromatic heterocycles. The van der Waals surface area contributed by atoms with Crippen LogP contribution in [0.1, 0.15) is 58.3 Å². The van der Waals surface area contributed by atoms with Crippen LogP contribution in [0, 0.1) is 0 Å². The van der Waals surface area contributed by atoms with E-state index in [0.717, 1.165) is 17.6 Å². The van der Waals surface area contributed by atoms with Gasteiger partial charge in [-0.05, 0) is 12.8 Å². The average Bonchev–Trinajstić information content (AvgIpc) is 2.44. The number of hydrogen-bond acceptors (Lipinski definition) is 3. The van der Waals surface area contributed by atoms with Gasteiger partial charge in [-0.1, -0.05) is 39.0 Å². The molecule has 0 N–H and O–H groups in total. The van der Waals surface area contributed by atoms with Gasteiger partial charge in [-0.3, -0.25) is 4.79 Å². The molecule has 0 heterocycles. The minimum Gasteiger partial charge on any atom is -0.460 e. The Kier molecular flexibility index (Phi) is 13.4. The molecule has 0 bridgehead atoms. The lowest BCUT2D eigenvalue weighted by Gasteiger charge is -2.29. The minimum absolute atomic E-state index is 0.173. The monoisotopic (exact) mass is 320 g/mol. The Hall–Kier alpha value is -0.180. The molecule has 126 valence electrons. The molecule has 0 saturated heterocycles. The van der Waals surface area contributed by atoms with Crippen molar-refractivity contribution in [3.63, 3.8) is 0 Å². The summed E-state index contributed by atoms with van der Waals surface area (Å²) in [7, 11) is 6.55. The van der Waals surface area contributed by atoms with E-state index in [4.69, 9.17) is 9.26 Å². The first-order valence-electron chi connectivity index (χ1n) is 8.31. The largest absolute Gasteiger partial charge is 0.460 e. The minimum atomic E-state index is -0.173. The van der Waals surface area contributed by atoms with Gasteiger partial charge >= 0.3 is 5.97 Å². The van der Waals surface area contributed by atoms with Crippen LogP contribution in [-0.2, 0) is 14.1 Å². The number of likely N-dealkylation sites (N-methyl/N-ethyl adjacent to an activating group) is 1. The average molecular weight is 320 g/mol. The van der Waals surface area contributed by atoms with E-state index in [9.17, 15) is 4.79 Å². The highest BCUT2D eigenvalue weighted by Crippen LogP contribution is 2.09. The van der Waals surface area contributed by atoms with Crippen LogP contribution in [0.4, 0.5) is 0 Å². The third kappa shape index (κ3) is 14.5. The standard InChI is InChI=1S/C16H35NO3P/c1-4-5-6-7-8-9-10-12-17(2,3)13-15-19-16(18)11-14-20-21/h4-15,21H2,1-3H3/q+1. The van der Waals surface area contributed by atoms with Crippen LogP contribution in [0.25, 0.3) is 0 Å². The van der Waals surface area contributed by atoms with Crippen LogP contribution >= 0.6 is 9.47 Å². The Bertz CT molecular complexity index is 260. The first-order chi connectivity index (χ1) is 10.0. The van der Waals surface area contributed by atoms with Crippen molar-refractivity contribution < 1.29 is 18.5 Å². The zero-order chi connectivity index (χ0) is 16.0. The molecule has 0 amide bonds. The molecule has 0 saturated carbocycles. The first kappa shape index (κ1) is 20.8. The fourth-order valence-electron chi connectivity index (χ4n) is 2.23. The van der Waals surface area contributed by atoms with Gasteiger partial charge in [0.1, 0.15) is 13.2 Å². The van der Waals surface area contributed by atoms with Crippen molar-refractivity contribution in [2.75, 3.05) is 40.4 Å². The van der Waals surface area contributed by atoms with E-state index in [0.29, 0.717) is 19.6 Å². The van der Waals surface area contributed by atoms with Gasteiger partial charge in [0.2, 0.25) is 0 Å². The Morgan fingerprint density at radius 2 is 1.57 bits per heavy atom. The van der Waals surface area contributed by atoms with Crippen LogP contribution in [0.3, 0.4) is 0 Å². The van der Waals surface area contributed by atoms with Gasteiger partial charge < -0.3 is 13.7 Å². The highest BCUT2D eigenvalue weighted by Gasteiger charge is 2.15. The highest BCUT2D eigenvalue weighted by molar-refractivity contribution is 7.09. The van der Waals surface area contributed by atoms with Gasteiger partial charge in [0.05, 0.1) is 33.7 Å². The van der Waals surface area contributed by atoms with Crippen molar-refractivity contribution in [3.05, 3.63) is 0 Å². The third-order valence-electron chi connectivity index (χ3n) is 3.75. The maximum atomic E-state index is 11.4. The van der Waals surface area contributed by atoms with Crippen LogP contribution in [0.2, 0.25) is 0 Å². The molecule has 0 rings (SSSR count). The molecule has 0 fully saturated rings. The molecule has 0 aliphatic rings. The van der Waals surface area contributed by atoms with E-state index in [1.165, 1.54) is 44.9 Å². The molecule has 0 aliphatic heterocycles. The predicted octanol–water partition coefficient (Wildman–Crippen LogP) is 3.55. The van der Waals surface area contributed by atoms with Gasteiger partial charge in [0.25, 0.3) is 0 Å². The van der Waals surface area contributed by atoms with E-state index in [2.05, 4.69) is 30.5 Å². The Morgan fingerprint density at radius 1 is 0.952 bits per heavy atom. The summed E-state index contributed by atoms with van der Waals surface area (Å²) in [6, 6.07) is 0. The second kappa shape index (κ2) is 13.5. The summed E-state index contributed by atoms with van der Waals surface area (Å²) in [5.74, 6) is -0.173. The number of esters is 1. The van der Waals surface area contributed by atoms with Gasteiger partial charge in [0.15, 0.2) is 0 Å². The van der Waals surface area contributed by atoms with Gasteiger partial charge in [0, 0.05) is 9.47 Å². The summed E-state index contributed by atoms with van der Waals surface area (Å²) in [5, 5.41) is 0. The quantitative estimate of drug-likeness (QED) is 0.212. The zero-order valence-corrected chi connectivity index (χ0v) is 15.4. The fraction of sp³-hybridized carbons (Fsp3) is 0.938. The summed E-state index contributed by atoms with van der Waals surface area (Å²) >= 11 is 0. The summed E-state index contributed by atoms with van der Waals surface area (Å²) in [6.07, 6.45) is 9.69. The van der Waals surface area contributed by atoms with E-state index < -0.39 is 0 Å². The molecule has 21 heavy (non-hydrogen) atoms. The summed E-state index contributed by atoms with van der Waals surface area (Å²) < 4.78 is 10.9. The number of rotatable bonds is 14. The second-order valence-corrected chi connectivity index (χ2v) is 6.68. The SMILES string of the molecule is CCCCCCCCC[N+](C)(C)CCOC(=O)CCOP. The summed E-state index contributed by atoms with van der Waals surface area (Å²) in [4.78, 5) is 11.4. The Labute approximate surface area is 133 Å². The topological polar surface area (TPSA) is 35.5 Å². The predicted molar refractivity (Wildman–Crippen MR) is 91.1 cm³/mol. The molecule has 0 aromatic rings. The highest BCUT2D eigenvalue weighted by atomic mass is 31.0. The summed E-state index contributed by atoms with van der Waals surface area (Å²) in [6.45, 7) is 5.18. The van der Waals surface area contributed by atoms with Crippen molar-refractivity contribution in [2.45, 2.75) is 58.3 Å².